The monoisotopic (exact) mass is 266 g/mol. The fourth-order valence-electron chi connectivity index (χ4n) is 1.33. The number of esters is 1. The van der Waals surface area contributed by atoms with Crippen molar-refractivity contribution in [3.8, 4) is 0 Å². The van der Waals surface area contributed by atoms with Crippen LogP contribution in [-0.4, -0.2) is 11.0 Å². The molecule has 1 aromatic carbocycles. The first-order valence-corrected chi connectivity index (χ1v) is 6.13. The summed E-state index contributed by atoms with van der Waals surface area (Å²) in [6.45, 7) is 0.173. The average Bonchev–Trinajstić information content (AvgIpc) is 2.86. The molecule has 4 nitrogen and oxygen atoms in total. The quantitative estimate of drug-likeness (QED) is 0.861. The maximum absolute atomic E-state index is 13.3. The summed E-state index contributed by atoms with van der Waals surface area (Å²) in [7, 11) is 0. The standard InChI is InChI=1S/C12H11FN2O2S/c13-9-4-2-1-3-8(9)6-17-12(16)10-7-18-11(5-14)15-10/h1-4,7H,5-6,14H2. The van der Waals surface area contributed by atoms with Gasteiger partial charge in [-0.25, -0.2) is 14.2 Å². The van der Waals surface area contributed by atoms with Gasteiger partial charge in [0.2, 0.25) is 0 Å². The number of rotatable bonds is 4. The van der Waals surface area contributed by atoms with Crippen LogP contribution in [0, 0.1) is 5.82 Å². The SMILES string of the molecule is NCc1nc(C(=O)OCc2ccccc2F)cs1. The normalized spacial score (nSPS) is 10.3. The largest absolute Gasteiger partial charge is 0.456 e. The highest BCUT2D eigenvalue weighted by atomic mass is 32.1. The van der Waals surface area contributed by atoms with Gasteiger partial charge in [-0.2, -0.15) is 0 Å². The molecule has 0 aliphatic rings. The Hall–Kier alpha value is -1.79. The van der Waals surface area contributed by atoms with E-state index in [9.17, 15) is 9.18 Å². The molecular formula is C12H11FN2O2S. The molecule has 0 atom stereocenters. The third-order valence-corrected chi connectivity index (χ3v) is 3.12. The number of ether oxygens (including phenoxy) is 1. The number of hydrogen-bond donors (Lipinski definition) is 1. The second kappa shape index (κ2) is 5.70. The number of carbonyl (C=O) groups is 1. The van der Waals surface area contributed by atoms with Gasteiger partial charge in [0.25, 0.3) is 0 Å². The van der Waals surface area contributed by atoms with Crippen LogP contribution in [-0.2, 0) is 17.9 Å². The van der Waals surface area contributed by atoms with Crippen LogP contribution in [0.5, 0.6) is 0 Å². The summed E-state index contributed by atoms with van der Waals surface area (Å²) in [5, 5.41) is 2.24. The predicted octanol–water partition coefficient (Wildman–Crippen LogP) is 2.10. The van der Waals surface area contributed by atoms with Crippen LogP contribution in [0.1, 0.15) is 21.1 Å². The third kappa shape index (κ3) is 2.91. The van der Waals surface area contributed by atoms with Crippen molar-refractivity contribution >= 4 is 17.3 Å². The van der Waals surface area contributed by atoms with Crippen molar-refractivity contribution in [2.75, 3.05) is 0 Å². The summed E-state index contributed by atoms with van der Waals surface area (Å²) >= 11 is 1.29. The molecule has 1 aromatic heterocycles. The van der Waals surface area contributed by atoms with Gasteiger partial charge < -0.3 is 10.5 Å². The molecule has 0 amide bonds. The van der Waals surface area contributed by atoms with Crippen LogP contribution < -0.4 is 5.73 Å². The summed E-state index contributed by atoms with van der Waals surface area (Å²) in [5.41, 5.74) is 5.93. The molecule has 2 N–H and O–H groups in total. The molecule has 0 aliphatic carbocycles. The molecule has 94 valence electrons. The molecule has 0 bridgehead atoms. The van der Waals surface area contributed by atoms with E-state index in [1.165, 1.54) is 17.4 Å². The lowest BCUT2D eigenvalue weighted by Gasteiger charge is -2.03. The Bertz CT molecular complexity index is 557. The van der Waals surface area contributed by atoms with Gasteiger partial charge in [0.1, 0.15) is 17.4 Å². The molecule has 1 heterocycles. The van der Waals surface area contributed by atoms with Gasteiger partial charge in [-0.05, 0) is 6.07 Å². The predicted molar refractivity (Wildman–Crippen MR) is 65.5 cm³/mol. The summed E-state index contributed by atoms with van der Waals surface area (Å²) in [5.74, 6) is -0.972. The second-order valence-electron chi connectivity index (χ2n) is 3.50. The number of nitrogens with zero attached hydrogens (tertiary/aromatic N) is 1. The molecule has 6 heteroatoms. The number of aromatic nitrogens is 1. The van der Waals surface area contributed by atoms with E-state index in [2.05, 4.69) is 4.98 Å². The summed E-state index contributed by atoms with van der Waals surface area (Å²) in [4.78, 5) is 15.6. The fraction of sp³-hybridized carbons (Fsp3) is 0.167. The average molecular weight is 266 g/mol. The van der Waals surface area contributed by atoms with Gasteiger partial charge >= 0.3 is 5.97 Å². The minimum Gasteiger partial charge on any atom is -0.456 e. The number of halogens is 1. The van der Waals surface area contributed by atoms with Crippen molar-refractivity contribution in [1.29, 1.82) is 0 Å². The van der Waals surface area contributed by atoms with E-state index in [0.29, 0.717) is 10.6 Å². The van der Waals surface area contributed by atoms with Gasteiger partial charge in [-0.15, -0.1) is 11.3 Å². The Morgan fingerprint density at radius 1 is 1.44 bits per heavy atom. The lowest BCUT2D eigenvalue weighted by molar-refractivity contribution is 0.0462. The van der Waals surface area contributed by atoms with Crippen molar-refractivity contribution in [2.24, 2.45) is 5.73 Å². The Morgan fingerprint density at radius 2 is 2.22 bits per heavy atom. The molecule has 2 rings (SSSR count). The Labute approximate surface area is 107 Å². The number of hydrogen-bond acceptors (Lipinski definition) is 5. The van der Waals surface area contributed by atoms with Crippen LogP contribution in [0.3, 0.4) is 0 Å². The highest BCUT2D eigenvalue weighted by Crippen LogP contribution is 2.12. The van der Waals surface area contributed by atoms with Crippen LogP contribution in [0.25, 0.3) is 0 Å². The van der Waals surface area contributed by atoms with E-state index in [1.807, 2.05) is 0 Å². The van der Waals surface area contributed by atoms with Crippen molar-refractivity contribution in [3.63, 3.8) is 0 Å². The van der Waals surface area contributed by atoms with Crippen molar-refractivity contribution in [1.82, 2.24) is 4.98 Å². The van der Waals surface area contributed by atoms with Gasteiger partial charge in [-0.1, -0.05) is 18.2 Å². The van der Waals surface area contributed by atoms with E-state index in [4.69, 9.17) is 10.5 Å². The third-order valence-electron chi connectivity index (χ3n) is 2.25. The molecule has 0 fully saturated rings. The first-order chi connectivity index (χ1) is 8.70. The Balaban J connectivity index is 1.98. The zero-order valence-corrected chi connectivity index (χ0v) is 10.2. The number of thiazole rings is 1. The van der Waals surface area contributed by atoms with E-state index < -0.39 is 11.8 Å². The minimum atomic E-state index is -0.575. The van der Waals surface area contributed by atoms with E-state index >= 15 is 0 Å². The van der Waals surface area contributed by atoms with E-state index in [0.717, 1.165) is 0 Å². The lowest BCUT2D eigenvalue weighted by Crippen LogP contribution is -2.07. The minimum absolute atomic E-state index is 0.110. The molecule has 0 saturated carbocycles. The maximum Gasteiger partial charge on any atom is 0.358 e. The number of carbonyl (C=O) groups excluding carboxylic acids is 1. The second-order valence-corrected chi connectivity index (χ2v) is 4.44. The highest BCUT2D eigenvalue weighted by molar-refractivity contribution is 7.09. The zero-order chi connectivity index (χ0) is 13.0. The molecule has 2 aromatic rings. The van der Waals surface area contributed by atoms with Crippen LogP contribution >= 0.6 is 11.3 Å². The summed E-state index contributed by atoms with van der Waals surface area (Å²) < 4.78 is 18.3. The number of nitrogens with two attached hydrogens (primary N) is 1. The van der Waals surface area contributed by atoms with Gasteiger partial charge in [0.15, 0.2) is 5.69 Å². The number of benzene rings is 1. The smallest absolute Gasteiger partial charge is 0.358 e. The van der Waals surface area contributed by atoms with Gasteiger partial charge in [-0.3, -0.25) is 0 Å². The summed E-state index contributed by atoms with van der Waals surface area (Å²) in [6.07, 6.45) is 0. The molecule has 0 saturated heterocycles. The van der Waals surface area contributed by atoms with E-state index in [-0.39, 0.29) is 18.8 Å². The molecule has 0 aliphatic heterocycles. The zero-order valence-electron chi connectivity index (χ0n) is 9.43. The maximum atomic E-state index is 13.3. The first-order valence-electron chi connectivity index (χ1n) is 5.25. The van der Waals surface area contributed by atoms with Gasteiger partial charge in [0.05, 0.1) is 0 Å². The Kier molecular flexibility index (Phi) is 4.01. The molecule has 0 radical (unpaired) electrons. The highest BCUT2D eigenvalue weighted by Gasteiger charge is 2.12. The van der Waals surface area contributed by atoms with Crippen molar-refractivity contribution < 1.29 is 13.9 Å². The topological polar surface area (TPSA) is 65.2 Å². The fourth-order valence-corrected chi connectivity index (χ4v) is 1.97. The summed E-state index contributed by atoms with van der Waals surface area (Å²) in [6, 6.07) is 6.14. The molecule has 0 unspecified atom stereocenters. The van der Waals surface area contributed by atoms with E-state index in [1.54, 1.807) is 23.6 Å². The molecular weight excluding hydrogens is 255 g/mol. The van der Waals surface area contributed by atoms with Crippen LogP contribution in [0.15, 0.2) is 29.6 Å². The van der Waals surface area contributed by atoms with Crippen molar-refractivity contribution in [2.45, 2.75) is 13.2 Å². The Morgan fingerprint density at radius 3 is 2.89 bits per heavy atom. The van der Waals surface area contributed by atoms with Gasteiger partial charge in [0, 0.05) is 17.5 Å². The van der Waals surface area contributed by atoms with Crippen molar-refractivity contribution in [3.05, 3.63) is 51.7 Å². The molecule has 0 spiro atoms. The lowest BCUT2D eigenvalue weighted by atomic mass is 10.2. The van der Waals surface area contributed by atoms with Crippen LogP contribution in [0.2, 0.25) is 0 Å². The first kappa shape index (κ1) is 12.7. The van der Waals surface area contributed by atoms with Crippen LogP contribution in [0.4, 0.5) is 4.39 Å². The molecule has 18 heavy (non-hydrogen) atoms.